The molecule has 5 nitrogen and oxygen atoms in total. The van der Waals surface area contributed by atoms with Gasteiger partial charge in [-0.15, -0.1) is 0 Å². The van der Waals surface area contributed by atoms with Crippen molar-refractivity contribution in [2.75, 3.05) is 19.6 Å². The highest BCUT2D eigenvalue weighted by atomic mass is 16.2. The minimum absolute atomic E-state index is 0.0485. The van der Waals surface area contributed by atoms with Crippen LogP contribution in [-0.4, -0.2) is 30.4 Å². The Kier molecular flexibility index (Phi) is 7.04. The minimum atomic E-state index is -0.471. The minimum Gasteiger partial charge on any atom is -0.340 e. The predicted molar refractivity (Wildman–Crippen MR) is 76.2 cm³/mol. The summed E-state index contributed by atoms with van der Waals surface area (Å²) in [5.74, 6) is 0.0485. The van der Waals surface area contributed by atoms with Crippen molar-refractivity contribution in [1.82, 2.24) is 4.90 Å². The Morgan fingerprint density at radius 2 is 1.55 bits per heavy atom. The molecule has 5 heteroatoms. The van der Waals surface area contributed by atoms with Crippen LogP contribution in [-0.2, 0) is 4.79 Å². The molecule has 1 aliphatic carbocycles. The van der Waals surface area contributed by atoms with Crippen molar-refractivity contribution >= 4 is 5.91 Å². The molecule has 0 atom stereocenters. The Hall–Kier alpha value is -1.59. The van der Waals surface area contributed by atoms with Gasteiger partial charge in [0.1, 0.15) is 0 Å². The summed E-state index contributed by atoms with van der Waals surface area (Å²) in [6.07, 6.45) is 6.66. The zero-order chi connectivity index (χ0) is 14.8. The lowest BCUT2D eigenvalue weighted by Gasteiger charge is -2.35. The van der Waals surface area contributed by atoms with E-state index in [1.54, 1.807) is 4.90 Å². The van der Waals surface area contributed by atoms with Gasteiger partial charge in [-0.25, -0.2) is 0 Å². The van der Waals surface area contributed by atoms with Crippen LogP contribution in [0.4, 0.5) is 0 Å². The largest absolute Gasteiger partial charge is 0.340 e. The number of carbonyl (C=O) groups is 1. The summed E-state index contributed by atoms with van der Waals surface area (Å²) in [7, 11) is 0. The highest BCUT2D eigenvalue weighted by molar-refractivity contribution is 5.83. The monoisotopic (exact) mass is 276 g/mol. The maximum Gasteiger partial charge on any atom is 0.230 e. The molecule has 1 saturated carbocycles. The van der Waals surface area contributed by atoms with E-state index in [0.717, 1.165) is 38.5 Å². The average molecular weight is 276 g/mol. The molecule has 2 N–H and O–H groups in total. The van der Waals surface area contributed by atoms with E-state index in [0.29, 0.717) is 32.5 Å². The number of carbonyl (C=O) groups excluding carboxylic acids is 1. The SMILES string of the molecule is N#CCCN(CCC#N)C(=O)C1(CN)CCCCCC1. The second-order valence-electron chi connectivity index (χ2n) is 5.51. The lowest BCUT2D eigenvalue weighted by atomic mass is 9.79. The van der Waals surface area contributed by atoms with Crippen molar-refractivity contribution in [3.63, 3.8) is 0 Å². The molecular weight excluding hydrogens is 252 g/mol. The fourth-order valence-electron chi connectivity index (χ4n) is 2.93. The molecule has 0 radical (unpaired) electrons. The van der Waals surface area contributed by atoms with Gasteiger partial charge in [0, 0.05) is 19.6 Å². The summed E-state index contributed by atoms with van der Waals surface area (Å²) in [5.41, 5.74) is 5.46. The molecule has 0 saturated heterocycles. The van der Waals surface area contributed by atoms with E-state index >= 15 is 0 Å². The molecule has 0 spiro atoms. The van der Waals surface area contributed by atoms with E-state index in [1.807, 2.05) is 0 Å². The summed E-state index contributed by atoms with van der Waals surface area (Å²) in [5, 5.41) is 17.4. The first-order chi connectivity index (χ1) is 9.70. The van der Waals surface area contributed by atoms with Gasteiger partial charge in [-0.1, -0.05) is 25.7 Å². The van der Waals surface area contributed by atoms with Crippen LogP contribution in [0.2, 0.25) is 0 Å². The second-order valence-corrected chi connectivity index (χ2v) is 5.51. The summed E-state index contributed by atoms with van der Waals surface area (Å²) in [6.45, 7) is 1.17. The summed E-state index contributed by atoms with van der Waals surface area (Å²) < 4.78 is 0. The topological polar surface area (TPSA) is 93.9 Å². The highest BCUT2D eigenvalue weighted by Crippen LogP contribution is 2.36. The third-order valence-corrected chi connectivity index (χ3v) is 4.18. The number of hydrogen-bond acceptors (Lipinski definition) is 4. The van der Waals surface area contributed by atoms with Gasteiger partial charge >= 0.3 is 0 Å². The molecule has 1 aliphatic rings. The number of rotatable bonds is 6. The Morgan fingerprint density at radius 3 is 1.95 bits per heavy atom. The smallest absolute Gasteiger partial charge is 0.230 e. The van der Waals surface area contributed by atoms with Crippen molar-refractivity contribution < 1.29 is 4.79 Å². The normalized spacial score (nSPS) is 17.6. The van der Waals surface area contributed by atoms with Gasteiger partial charge < -0.3 is 10.6 Å². The average Bonchev–Trinajstić information content (AvgIpc) is 2.73. The zero-order valence-corrected chi connectivity index (χ0v) is 12.1. The molecular formula is C15H24N4O. The highest BCUT2D eigenvalue weighted by Gasteiger charge is 2.39. The molecule has 0 aromatic heterocycles. The Morgan fingerprint density at radius 1 is 1.05 bits per heavy atom. The maximum atomic E-state index is 12.8. The van der Waals surface area contributed by atoms with Gasteiger partial charge in [-0.2, -0.15) is 10.5 Å². The van der Waals surface area contributed by atoms with E-state index < -0.39 is 5.41 Å². The number of hydrogen-bond donors (Lipinski definition) is 1. The molecule has 0 aromatic carbocycles. The molecule has 0 unspecified atom stereocenters. The third kappa shape index (κ3) is 4.21. The van der Waals surface area contributed by atoms with Crippen LogP contribution < -0.4 is 5.73 Å². The van der Waals surface area contributed by atoms with Crippen LogP contribution in [0.3, 0.4) is 0 Å². The Labute approximate surface area is 121 Å². The predicted octanol–water partition coefficient (Wildman–Crippen LogP) is 1.94. The number of nitriles is 2. The first-order valence-electron chi connectivity index (χ1n) is 7.43. The van der Waals surface area contributed by atoms with Crippen molar-refractivity contribution in [2.24, 2.45) is 11.1 Å². The van der Waals surface area contributed by atoms with Gasteiger partial charge in [0.25, 0.3) is 0 Å². The summed E-state index contributed by atoms with van der Waals surface area (Å²) >= 11 is 0. The van der Waals surface area contributed by atoms with Gasteiger partial charge in [-0.3, -0.25) is 4.79 Å². The summed E-state index contributed by atoms with van der Waals surface area (Å²) in [4.78, 5) is 14.5. The van der Waals surface area contributed by atoms with Crippen LogP contribution in [0.1, 0.15) is 51.4 Å². The van der Waals surface area contributed by atoms with E-state index in [1.165, 1.54) is 0 Å². The Balaban J connectivity index is 2.82. The van der Waals surface area contributed by atoms with Crippen molar-refractivity contribution in [2.45, 2.75) is 51.4 Å². The van der Waals surface area contributed by atoms with Gasteiger partial charge in [0.2, 0.25) is 5.91 Å². The van der Waals surface area contributed by atoms with E-state index in [4.69, 9.17) is 16.3 Å². The molecule has 1 fully saturated rings. The molecule has 0 bridgehead atoms. The molecule has 0 heterocycles. The van der Waals surface area contributed by atoms with Gasteiger partial charge in [-0.05, 0) is 12.8 Å². The molecule has 110 valence electrons. The van der Waals surface area contributed by atoms with E-state index in [9.17, 15) is 4.79 Å². The fraction of sp³-hybridized carbons (Fsp3) is 0.800. The lowest BCUT2D eigenvalue weighted by Crippen LogP contribution is -2.48. The summed E-state index contributed by atoms with van der Waals surface area (Å²) in [6, 6.07) is 4.13. The third-order valence-electron chi connectivity index (χ3n) is 4.18. The van der Waals surface area contributed by atoms with Crippen LogP contribution in [0, 0.1) is 28.1 Å². The lowest BCUT2D eigenvalue weighted by molar-refractivity contribution is -0.142. The van der Waals surface area contributed by atoms with Crippen molar-refractivity contribution in [1.29, 1.82) is 10.5 Å². The Bertz CT molecular complexity index is 368. The van der Waals surface area contributed by atoms with Gasteiger partial charge in [0.15, 0.2) is 0 Å². The fourth-order valence-corrected chi connectivity index (χ4v) is 2.93. The van der Waals surface area contributed by atoms with E-state index in [2.05, 4.69) is 12.1 Å². The van der Waals surface area contributed by atoms with Gasteiger partial charge in [0.05, 0.1) is 30.4 Å². The molecule has 20 heavy (non-hydrogen) atoms. The first kappa shape index (κ1) is 16.5. The number of amides is 1. The van der Waals surface area contributed by atoms with Crippen LogP contribution in [0.25, 0.3) is 0 Å². The molecule has 0 aromatic rings. The van der Waals surface area contributed by atoms with E-state index in [-0.39, 0.29) is 5.91 Å². The molecule has 1 amide bonds. The number of nitrogens with two attached hydrogens (primary N) is 1. The molecule has 1 rings (SSSR count). The number of nitrogens with zero attached hydrogens (tertiary/aromatic N) is 3. The standard InChI is InChI=1S/C15H24N4O/c16-9-5-11-19(12-6-10-17)14(20)15(13-18)7-3-1-2-4-8-15/h1-8,11-13,18H2. The molecule has 0 aliphatic heterocycles. The maximum absolute atomic E-state index is 12.8. The zero-order valence-electron chi connectivity index (χ0n) is 12.1. The van der Waals surface area contributed by atoms with Crippen LogP contribution >= 0.6 is 0 Å². The van der Waals surface area contributed by atoms with Crippen molar-refractivity contribution in [3.8, 4) is 12.1 Å². The second kappa shape index (κ2) is 8.55. The van der Waals surface area contributed by atoms with Crippen LogP contribution in [0.15, 0.2) is 0 Å². The first-order valence-corrected chi connectivity index (χ1v) is 7.43. The van der Waals surface area contributed by atoms with Crippen LogP contribution in [0.5, 0.6) is 0 Å². The van der Waals surface area contributed by atoms with Crippen molar-refractivity contribution in [3.05, 3.63) is 0 Å². The quantitative estimate of drug-likeness (QED) is 0.750.